The predicted octanol–water partition coefficient (Wildman–Crippen LogP) is 0.0343. The lowest BCUT2D eigenvalue weighted by Gasteiger charge is -2.02. The van der Waals surface area contributed by atoms with Gasteiger partial charge in [0.2, 0.25) is 0 Å². The molecule has 0 fully saturated rings. The second kappa shape index (κ2) is 3.91. The van der Waals surface area contributed by atoms with Crippen molar-refractivity contribution in [1.82, 2.24) is 15.4 Å². The molecule has 6 heteroatoms. The normalized spacial score (nSPS) is 13.9. The highest BCUT2D eigenvalue weighted by molar-refractivity contribution is 5.58. The number of nitrogens with two attached hydrogens (primary N) is 1. The molecule has 1 aromatic rings. The maximum absolute atomic E-state index is 12.7. The van der Waals surface area contributed by atoms with Gasteiger partial charge in [-0.25, -0.2) is 0 Å². The molecule has 66 valence electrons. The zero-order valence-electron chi connectivity index (χ0n) is 6.66. The molecule has 0 spiro atoms. The van der Waals surface area contributed by atoms with Crippen LogP contribution < -0.4 is 5.73 Å². The molecule has 1 atom stereocenters. The first-order valence-electron chi connectivity index (χ1n) is 3.48. The van der Waals surface area contributed by atoms with Gasteiger partial charge in [-0.05, 0) is 0 Å². The first kappa shape index (κ1) is 8.79. The van der Waals surface area contributed by atoms with Crippen LogP contribution in [0.4, 0.5) is 4.39 Å². The number of halogens is 1. The molecular weight excluding hydrogens is 161 g/mol. The van der Waals surface area contributed by atoms with Gasteiger partial charge in [0.15, 0.2) is 0 Å². The van der Waals surface area contributed by atoms with Gasteiger partial charge in [0.05, 0.1) is 6.04 Å². The number of hydrogen-bond donors (Lipinski definition) is 2. The number of nitrogens with one attached hydrogen (secondary N) is 1. The van der Waals surface area contributed by atoms with E-state index >= 15 is 0 Å². The average Bonchev–Trinajstić information content (AvgIpc) is 2.47. The zero-order valence-corrected chi connectivity index (χ0v) is 6.66. The average molecular weight is 171 g/mol. The second-order valence-corrected chi connectivity index (χ2v) is 2.28. The number of rotatable bonds is 3. The maximum Gasteiger partial charge on any atom is 0.257 e. The quantitative estimate of drug-likeness (QED) is 0.630. The minimum atomic E-state index is -0.646. The van der Waals surface area contributed by atoms with E-state index < -0.39 is 12.0 Å². The summed E-state index contributed by atoms with van der Waals surface area (Å²) in [6.07, 6.45) is 2.07. The van der Waals surface area contributed by atoms with Crippen molar-refractivity contribution in [3.05, 3.63) is 11.6 Å². The third-order valence-electron chi connectivity index (χ3n) is 1.42. The van der Waals surface area contributed by atoms with Crippen molar-refractivity contribution in [2.75, 3.05) is 7.05 Å². The molecule has 12 heavy (non-hydrogen) atoms. The molecule has 0 aromatic carbocycles. The van der Waals surface area contributed by atoms with Crippen LogP contribution in [-0.2, 0) is 0 Å². The zero-order chi connectivity index (χ0) is 8.97. The van der Waals surface area contributed by atoms with Crippen molar-refractivity contribution in [1.29, 1.82) is 0 Å². The topological polar surface area (TPSA) is 80.0 Å². The van der Waals surface area contributed by atoms with Gasteiger partial charge in [-0.15, -0.1) is 5.10 Å². The van der Waals surface area contributed by atoms with Crippen LogP contribution in [0, 0.1) is 5.95 Å². The Kier molecular flexibility index (Phi) is 2.87. The van der Waals surface area contributed by atoms with E-state index in [0.29, 0.717) is 6.42 Å². The van der Waals surface area contributed by atoms with Crippen molar-refractivity contribution in [2.45, 2.75) is 12.5 Å². The molecule has 1 aromatic heterocycles. The van der Waals surface area contributed by atoms with E-state index in [-0.39, 0.29) is 5.69 Å². The summed E-state index contributed by atoms with van der Waals surface area (Å²) >= 11 is 0. The molecule has 0 aliphatic carbocycles. The summed E-state index contributed by atoms with van der Waals surface area (Å²) in [6, 6.07) is -0.479. The van der Waals surface area contributed by atoms with E-state index in [1.165, 1.54) is 0 Å². The fraction of sp³-hybridized carbons (Fsp3) is 0.500. The lowest BCUT2D eigenvalue weighted by molar-refractivity contribution is 0.550. The van der Waals surface area contributed by atoms with Gasteiger partial charge < -0.3 is 10.7 Å². The van der Waals surface area contributed by atoms with Gasteiger partial charge in [0.1, 0.15) is 5.69 Å². The van der Waals surface area contributed by atoms with Gasteiger partial charge in [-0.1, -0.05) is 0 Å². The van der Waals surface area contributed by atoms with Crippen molar-refractivity contribution >= 4 is 6.21 Å². The van der Waals surface area contributed by atoms with E-state index in [0.717, 1.165) is 0 Å². The van der Waals surface area contributed by atoms with Crippen LogP contribution in [-0.4, -0.2) is 28.7 Å². The molecule has 0 aliphatic rings. The fourth-order valence-electron chi connectivity index (χ4n) is 0.793. The van der Waals surface area contributed by atoms with Crippen LogP contribution in [0.2, 0.25) is 0 Å². The third-order valence-corrected chi connectivity index (χ3v) is 1.42. The smallest absolute Gasteiger partial charge is 0.257 e. The summed E-state index contributed by atoms with van der Waals surface area (Å²) in [4.78, 5) is 3.73. The Bertz CT molecular complexity index is 269. The largest absolute Gasteiger partial charge is 0.322 e. The van der Waals surface area contributed by atoms with Crippen LogP contribution in [0.15, 0.2) is 4.99 Å². The SMILES string of the molecule is CN=CCC(N)c1n[nH]nc1F. The van der Waals surface area contributed by atoms with E-state index in [1.807, 2.05) is 0 Å². The third kappa shape index (κ3) is 1.85. The second-order valence-electron chi connectivity index (χ2n) is 2.28. The standard InChI is InChI=1S/C6H10FN5/c1-9-3-2-4(8)5-6(7)11-12-10-5/h3-4H,2,8H2,1H3,(H,10,11,12). The first-order valence-corrected chi connectivity index (χ1v) is 3.48. The molecular formula is C6H10FN5. The van der Waals surface area contributed by atoms with Crippen LogP contribution in [0.5, 0.6) is 0 Å². The summed E-state index contributed by atoms with van der Waals surface area (Å²) in [7, 11) is 1.63. The van der Waals surface area contributed by atoms with Crippen molar-refractivity contribution in [3.63, 3.8) is 0 Å². The summed E-state index contributed by atoms with van der Waals surface area (Å²) in [5, 5.41) is 8.95. The number of aromatic amines is 1. The number of nitrogens with zero attached hydrogens (tertiary/aromatic N) is 3. The molecule has 3 N–H and O–H groups in total. The summed E-state index contributed by atoms with van der Waals surface area (Å²) in [6.45, 7) is 0. The van der Waals surface area contributed by atoms with Gasteiger partial charge in [-0.2, -0.15) is 14.7 Å². The van der Waals surface area contributed by atoms with Gasteiger partial charge in [0.25, 0.3) is 5.95 Å². The first-order chi connectivity index (χ1) is 5.75. The van der Waals surface area contributed by atoms with E-state index in [1.54, 1.807) is 13.3 Å². The highest BCUT2D eigenvalue weighted by atomic mass is 19.1. The molecule has 1 heterocycles. The van der Waals surface area contributed by atoms with Crippen molar-refractivity contribution < 1.29 is 4.39 Å². The van der Waals surface area contributed by atoms with E-state index in [4.69, 9.17) is 5.73 Å². The van der Waals surface area contributed by atoms with Gasteiger partial charge >= 0.3 is 0 Å². The lowest BCUT2D eigenvalue weighted by atomic mass is 10.2. The molecule has 1 unspecified atom stereocenters. The summed E-state index contributed by atoms with van der Waals surface area (Å²) in [5.41, 5.74) is 5.72. The maximum atomic E-state index is 12.7. The van der Waals surface area contributed by atoms with E-state index in [2.05, 4.69) is 20.4 Å². The highest BCUT2D eigenvalue weighted by Crippen LogP contribution is 2.10. The molecule has 0 radical (unpaired) electrons. The molecule has 0 bridgehead atoms. The van der Waals surface area contributed by atoms with Gasteiger partial charge in [0, 0.05) is 19.7 Å². The highest BCUT2D eigenvalue weighted by Gasteiger charge is 2.13. The predicted molar refractivity (Wildman–Crippen MR) is 42.3 cm³/mol. The van der Waals surface area contributed by atoms with Crippen molar-refractivity contribution in [2.24, 2.45) is 10.7 Å². The van der Waals surface area contributed by atoms with E-state index in [9.17, 15) is 4.39 Å². The Labute approximate surface area is 68.9 Å². The molecule has 0 saturated carbocycles. The van der Waals surface area contributed by atoms with Crippen LogP contribution in [0.3, 0.4) is 0 Å². The van der Waals surface area contributed by atoms with Crippen LogP contribution in [0.1, 0.15) is 18.2 Å². The summed E-state index contributed by atoms with van der Waals surface area (Å²) < 4.78 is 12.7. The number of H-pyrrole nitrogens is 1. The minimum absolute atomic E-state index is 0.148. The Balaban J connectivity index is 2.64. The minimum Gasteiger partial charge on any atom is -0.322 e. The van der Waals surface area contributed by atoms with Crippen LogP contribution in [0.25, 0.3) is 0 Å². The van der Waals surface area contributed by atoms with Crippen molar-refractivity contribution in [3.8, 4) is 0 Å². The molecule has 0 saturated heterocycles. The molecule has 1 rings (SSSR count). The molecule has 0 aliphatic heterocycles. The number of aliphatic imine (C=N–C) groups is 1. The Morgan fingerprint density at radius 1 is 1.75 bits per heavy atom. The fourth-order valence-corrected chi connectivity index (χ4v) is 0.793. The van der Waals surface area contributed by atoms with Crippen LogP contribution >= 0.6 is 0 Å². The number of aromatic nitrogens is 3. The summed E-state index contributed by atoms with van der Waals surface area (Å²) in [5.74, 6) is -0.646. The Morgan fingerprint density at radius 2 is 2.50 bits per heavy atom. The molecule has 0 amide bonds. The Hall–Kier alpha value is -1.30. The molecule has 5 nitrogen and oxygen atoms in total. The monoisotopic (exact) mass is 171 g/mol. The lowest BCUT2D eigenvalue weighted by Crippen LogP contribution is -2.12. The van der Waals surface area contributed by atoms with Gasteiger partial charge in [-0.3, -0.25) is 0 Å². The Morgan fingerprint density at radius 3 is 3.00 bits per heavy atom. The number of hydrogen-bond acceptors (Lipinski definition) is 4.